The lowest BCUT2D eigenvalue weighted by Gasteiger charge is -2.31. The van der Waals surface area contributed by atoms with Crippen LogP contribution in [0.1, 0.15) is 12.5 Å². The van der Waals surface area contributed by atoms with Gasteiger partial charge in [-0.1, -0.05) is 17.7 Å². The van der Waals surface area contributed by atoms with E-state index in [0.717, 1.165) is 31.7 Å². The molecule has 4 nitrogen and oxygen atoms in total. The molecule has 0 aliphatic carbocycles. The molecule has 19 heavy (non-hydrogen) atoms. The Balaban J connectivity index is 2.01. The SMILES string of the molecule is Cc1ccc(Cl)c(NC(=O)C(C)N2CCNCC2)c1. The highest BCUT2D eigenvalue weighted by molar-refractivity contribution is 6.33. The molecule has 1 aromatic carbocycles. The van der Waals surface area contributed by atoms with Crippen LogP contribution in [0, 0.1) is 6.92 Å². The van der Waals surface area contributed by atoms with Gasteiger partial charge in [-0.05, 0) is 31.5 Å². The van der Waals surface area contributed by atoms with Crippen LogP contribution in [0.15, 0.2) is 18.2 Å². The van der Waals surface area contributed by atoms with Crippen LogP contribution in [0.4, 0.5) is 5.69 Å². The highest BCUT2D eigenvalue weighted by Crippen LogP contribution is 2.23. The van der Waals surface area contributed by atoms with Crippen LogP contribution < -0.4 is 10.6 Å². The molecule has 0 bridgehead atoms. The predicted molar refractivity (Wildman–Crippen MR) is 78.7 cm³/mol. The Morgan fingerprint density at radius 2 is 2.11 bits per heavy atom. The van der Waals surface area contributed by atoms with E-state index in [1.165, 1.54) is 0 Å². The summed E-state index contributed by atoms with van der Waals surface area (Å²) in [7, 11) is 0. The van der Waals surface area contributed by atoms with Gasteiger partial charge in [0.1, 0.15) is 0 Å². The lowest BCUT2D eigenvalue weighted by Crippen LogP contribution is -2.51. The minimum atomic E-state index is -0.140. The number of aryl methyl sites for hydroxylation is 1. The van der Waals surface area contributed by atoms with Crippen LogP contribution in [0.2, 0.25) is 5.02 Å². The average Bonchev–Trinajstić information content (AvgIpc) is 2.43. The molecular formula is C14H20ClN3O. The first-order chi connectivity index (χ1) is 9.08. The fraction of sp³-hybridized carbons (Fsp3) is 0.500. The summed E-state index contributed by atoms with van der Waals surface area (Å²) < 4.78 is 0. The number of halogens is 1. The van der Waals surface area contributed by atoms with Crippen LogP contribution in [0.5, 0.6) is 0 Å². The van der Waals surface area contributed by atoms with Gasteiger partial charge in [0.2, 0.25) is 5.91 Å². The number of hydrogen-bond donors (Lipinski definition) is 2. The van der Waals surface area contributed by atoms with Crippen molar-refractivity contribution in [1.29, 1.82) is 0 Å². The lowest BCUT2D eigenvalue weighted by molar-refractivity contribution is -0.120. The number of carbonyl (C=O) groups is 1. The second-order valence-corrected chi connectivity index (χ2v) is 5.34. The van der Waals surface area contributed by atoms with Crippen LogP contribution in [-0.4, -0.2) is 43.0 Å². The van der Waals surface area contributed by atoms with Crippen molar-refractivity contribution in [2.24, 2.45) is 0 Å². The summed E-state index contributed by atoms with van der Waals surface area (Å²) in [6.45, 7) is 7.58. The van der Waals surface area contributed by atoms with E-state index in [4.69, 9.17) is 11.6 Å². The number of carbonyl (C=O) groups excluding carboxylic acids is 1. The summed E-state index contributed by atoms with van der Waals surface area (Å²) in [6, 6.07) is 5.49. The van der Waals surface area contributed by atoms with E-state index in [2.05, 4.69) is 15.5 Å². The Labute approximate surface area is 119 Å². The van der Waals surface area contributed by atoms with Gasteiger partial charge in [0.05, 0.1) is 16.8 Å². The van der Waals surface area contributed by atoms with Crippen LogP contribution in [0.25, 0.3) is 0 Å². The van der Waals surface area contributed by atoms with Gasteiger partial charge in [0, 0.05) is 26.2 Å². The fourth-order valence-corrected chi connectivity index (χ4v) is 2.37. The summed E-state index contributed by atoms with van der Waals surface area (Å²) >= 11 is 6.09. The fourth-order valence-electron chi connectivity index (χ4n) is 2.21. The third-order valence-electron chi connectivity index (χ3n) is 3.46. The van der Waals surface area contributed by atoms with Gasteiger partial charge in [0.25, 0.3) is 0 Å². The maximum atomic E-state index is 12.2. The molecule has 1 unspecified atom stereocenters. The first-order valence-electron chi connectivity index (χ1n) is 6.59. The van der Waals surface area contributed by atoms with E-state index in [0.29, 0.717) is 10.7 Å². The van der Waals surface area contributed by atoms with E-state index in [1.807, 2.05) is 32.0 Å². The highest BCUT2D eigenvalue weighted by atomic mass is 35.5. The van der Waals surface area contributed by atoms with Crippen molar-refractivity contribution in [3.05, 3.63) is 28.8 Å². The van der Waals surface area contributed by atoms with E-state index >= 15 is 0 Å². The van der Waals surface area contributed by atoms with Gasteiger partial charge in [0.15, 0.2) is 0 Å². The number of amides is 1. The van der Waals surface area contributed by atoms with Gasteiger partial charge < -0.3 is 10.6 Å². The van der Waals surface area contributed by atoms with Crippen molar-refractivity contribution in [2.75, 3.05) is 31.5 Å². The van der Waals surface area contributed by atoms with E-state index in [-0.39, 0.29) is 11.9 Å². The number of nitrogens with zero attached hydrogens (tertiary/aromatic N) is 1. The van der Waals surface area contributed by atoms with E-state index in [9.17, 15) is 4.79 Å². The molecule has 2 rings (SSSR count). The van der Waals surface area contributed by atoms with Gasteiger partial charge in [-0.2, -0.15) is 0 Å². The number of anilines is 1. The van der Waals surface area contributed by atoms with Crippen LogP contribution in [0.3, 0.4) is 0 Å². The molecule has 1 fully saturated rings. The van der Waals surface area contributed by atoms with Crippen molar-refractivity contribution < 1.29 is 4.79 Å². The quantitative estimate of drug-likeness (QED) is 0.889. The molecule has 1 heterocycles. The molecule has 0 spiro atoms. The number of rotatable bonds is 3. The Hall–Kier alpha value is -1.10. The smallest absolute Gasteiger partial charge is 0.241 e. The molecule has 0 saturated carbocycles. The zero-order valence-electron chi connectivity index (χ0n) is 11.4. The van der Waals surface area contributed by atoms with Crippen molar-refractivity contribution in [2.45, 2.75) is 19.9 Å². The van der Waals surface area contributed by atoms with Crippen molar-refractivity contribution >= 4 is 23.2 Å². The summed E-state index contributed by atoms with van der Waals surface area (Å²) in [6.07, 6.45) is 0. The molecule has 1 aromatic rings. The number of hydrogen-bond acceptors (Lipinski definition) is 3. The third kappa shape index (κ3) is 3.69. The Morgan fingerprint density at radius 3 is 2.79 bits per heavy atom. The minimum Gasteiger partial charge on any atom is -0.323 e. The molecule has 1 aliphatic rings. The topological polar surface area (TPSA) is 44.4 Å². The van der Waals surface area contributed by atoms with Crippen molar-refractivity contribution in [3.63, 3.8) is 0 Å². The Kier molecular flexibility index (Phi) is 4.80. The zero-order valence-corrected chi connectivity index (χ0v) is 12.1. The second-order valence-electron chi connectivity index (χ2n) is 4.93. The molecule has 0 radical (unpaired) electrons. The lowest BCUT2D eigenvalue weighted by atomic mass is 10.2. The highest BCUT2D eigenvalue weighted by Gasteiger charge is 2.23. The summed E-state index contributed by atoms with van der Waals surface area (Å²) in [5, 5.41) is 6.77. The first kappa shape index (κ1) is 14.3. The predicted octanol–water partition coefficient (Wildman–Crippen LogP) is 1.88. The average molecular weight is 282 g/mol. The number of nitrogens with one attached hydrogen (secondary N) is 2. The van der Waals surface area contributed by atoms with Gasteiger partial charge >= 0.3 is 0 Å². The Morgan fingerprint density at radius 1 is 1.42 bits per heavy atom. The normalized spacial score (nSPS) is 18.1. The maximum absolute atomic E-state index is 12.2. The monoisotopic (exact) mass is 281 g/mol. The number of piperazine rings is 1. The Bertz CT molecular complexity index is 458. The molecule has 1 amide bonds. The third-order valence-corrected chi connectivity index (χ3v) is 3.79. The molecule has 5 heteroatoms. The summed E-state index contributed by atoms with van der Waals surface area (Å²) in [4.78, 5) is 14.4. The first-order valence-corrected chi connectivity index (χ1v) is 6.97. The molecule has 2 N–H and O–H groups in total. The van der Waals surface area contributed by atoms with Crippen molar-refractivity contribution in [3.8, 4) is 0 Å². The van der Waals surface area contributed by atoms with Crippen LogP contribution in [-0.2, 0) is 4.79 Å². The molecule has 1 saturated heterocycles. The molecule has 1 aliphatic heterocycles. The standard InChI is InChI=1S/C14H20ClN3O/c1-10-3-4-12(15)13(9-10)17-14(19)11(2)18-7-5-16-6-8-18/h3-4,9,11,16H,5-8H2,1-2H3,(H,17,19). The zero-order chi connectivity index (χ0) is 13.8. The van der Waals surface area contributed by atoms with Crippen LogP contribution >= 0.6 is 11.6 Å². The molecule has 1 atom stereocenters. The molecule has 0 aromatic heterocycles. The number of benzene rings is 1. The van der Waals surface area contributed by atoms with Gasteiger partial charge in [-0.3, -0.25) is 9.69 Å². The second kappa shape index (κ2) is 6.37. The van der Waals surface area contributed by atoms with Gasteiger partial charge in [-0.15, -0.1) is 0 Å². The summed E-state index contributed by atoms with van der Waals surface area (Å²) in [5.41, 5.74) is 1.77. The van der Waals surface area contributed by atoms with Gasteiger partial charge in [-0.25, -0.2) is 0 Å². The largest absolute Gasteiger partial charge is 0.323 e. The minimum absolute atomic E-state index is 0.00519. The molecular weight excluding hydrogens is 262 g/mol. The van der Waals surface area contributed by atoms with Crippen molar-refractivity contribution in [1.82, 2.24) is 10.2 Å². The summed E-state index contributed by atoms with van der Waals surface area (Å²) in [5.74, 6) is -0.00519. The van der Waals surface area contributed by atoms with E-state index in [1.54, 1.807) is 0 Å². The van der Waals surface area contributed by atoms with E-state index < -0.39 is 0 Å². The molecule has 104 valence electrons. The maximum Gasteiger partial charge on any atom is 0.241 e.